The van der Waals surface area contributed by atoms with Gasteiger partial charge in [-0.25, -0.2) is 0 Å². The van der Waals surface area contributed by atoms with E-state index in [4.69, 9.17) is 16.3 Å². The van der Waals surface area contributed by atoms with Crippen LogP contribution in [-0.4, -0.2) is 26.1 Å². The number of halogens is 1. The Morgan fingerprint density at radius 3 is 2.67 bits per heavy atom. The van der Waals surface area contributed by atoms with E-state index >= 15 is 0 Å². The second kappa shape index (κ2) is 8.39. The first kappa shape index (κ1) is 15.3. The van der Waals surface area contributed by atoms with E-state index in [1.54, 1.807) is 7.11 Å². The first-order chi connectivity index (χ1) is 8.69. The lowest BCUT2D eigenvalue weighted by Crippen LogP contribution is -2.19. The van der Waals surface area contributed by atoms with Gasteiger partial charge in [0.25, 0.3) is 0 Å². The van der Waals surface area contributed by atoms with Crippen LogP contribution in [0.5, 0.6) is 5.75 Å². The topological polar surface area (TPSA) is 21.3 Å². The third-order valence-electron chi connectivity index (χ3n) is 3.04. The first-order valence-corrected chi connectivity index (χ1v) is 7.16. The molecule has 18 heavy (non-hydrogen) atoms. The summed E-state index contributed by atoms with van der Waals surface area (Å²) in [7, 11) is 1.74. The van der Waals surface area contributed by atoms with E-state index in [0.717, 1.165) is 37.6 Å². The normalized spacial score (nSPS) is 10.9. The molecule has 0 aromatic heterocycles. The predicted octanol–water partition coefficient (Wildman–Crippen LogP) is 3.58. The lowest BCUT2D eigenvalue weighted by atomic mass is 10.00. The molecular formula is C15H24ClNO. The third-order valence-corrected chi connectivity index (χ3v) is 3.30. The van der Waals surface area contributed by atoms with E-state index in [1.807, 2.05) is 0 Å². The standard InChI is InChI=1S/C15H24ClNO/c1-12(2)14-6-5-13(15(11-14)18-3)7-10-17-9-4-8-16/h5-6,11-12,17H,4,7-10H2,1-3H3. The number of hydrogen-bond acceptors (Lipinski definition) is 2. The van der Waals surface area contributed by atoms with Gasteiger partial charge in [-0.05, 0) is 49.0 Å². The summed E-state index contributed by atoms with van der Waals surface area (Å²) in [4.78, 5) is 0. The summed E-state index contributed by atoms with van der Waals surface area (Å²) in [5.41, 5.74) is 2.59. The van der Waals surface area contributed by atoms with Crippen molar-refractivity contribution in [3.05, 3.63) is 29.3 Å². The van der Waals surface area contributed by atoms with Gasteiger partial charge < -0.3 is 10.1 Å². The molecule has 0 atom stereocenters. The average molecular weight is 270 g/mol. The van der Waals surface area contributed by atoms with Crippen LogP contribution >= 0.6 is 11.6 Å². The number of benzene rings is 1. The van der Waals surface area contributed by atoms with E-state index in [-0.39, 0.29) is 0 Å². The minimum absolute atomic E-state index is 0.537. The summed E-state index contributed by atoms with van der Waals surface area (Å²) in [6.45, 7) is 6.34. The van der Waals surface area contributed by atoms with Crippen molar-refractivity contribution in [3.8, 4) is 5.75 Å². The van der Waals surface area contributed by atoms with Gasteiger partial charge in [0, 0.05) is 5.88 Å². The fraction of sp³-hybridized carbons (Fsp3) is 0.600. The van der Waals surface area contributed by atoms with Crippen LogP contribution in [0.2, 0.25) is 0 Å². The highest BCUT2D eigenvalue weighted by Gasteiger charge is 2.06. The maximum atomic E-state index is 5.63. The van der Waals surface area contributed by atoms with Gasteiger partial charge in [0.2, 0.25) is 0 Å². The Morgan fingerprint density at radius 1 is 1.28 bits per heavy atom. The fourth-order valence-electron chi connectivity index (χ4n) is 1.87. The zero-order valence-corrected chi connectivity index (χ0v) is 12.4. The Bertz CT molecular complexity index is 352. The molecular weight excluding hydrogens is 246 g/mol. The van der Waals surface area contributed by atoms with Crippen molar-refractivity contribution in [1.82, 2.24) is 5.32 Å². The van der Waals surface area contributed by atoms with Gasteiger partial charge in [0.05, 0.1) is 7.11 Å². The molecule has 3 heteroatoms. The lowest BCUT2D eigenvalue weighted by Gasteiger charge is -2.13. The number of nitrogens with one attached hydrogen (secondary N) is 1. The third kappa shape index (κ3) is 4.87. The maximum absolute atomic E-state index is 5.63. The molecule has 0 saturated carbocycles. The first-order valence-electron chi connectivity index (χ1n) is 6.62. The zero-order chi connectivity index (χ0) is 13.4. The molecule has 0 unspecified atom stereocenters. The van der Waals surface area contributed by atoms with Gasteiger partial charge >= 0.3 is 0 Å². The Labute approximate surface area is 116 Å². The van der Waals surface area contributed by atoms with Gasteiger partial charge in [-0.15, -0.1) is 11.6 Å². The lowest BCUT2D eigenvalue weighted by molar-refractivity contribution is 0.408. The van der Waals surface area contributed by atoms with Crippen molar-refractivity contribution in [3.63, 3.8) is 0 Å². The number of alkyl halides is 1. The summed E-state index contributed by atoms with van der Waals surface area (Å²) < 4.78 is 5.47. The van der Waals surface area contributed by atoms with Crippen LogP contribution in [0.1, 0.15) is 37.3 Å². The molecule has 0 aliphatic carbocycles. The van der Waals surface area contributed by atoms with E-state index in [0.29, 0.717) is 5.92 Å². The molecule has 1 aromatic rings. The van der Waals surface area contributed by atoms with Crippen LogP contribution in [-0.2, 0) is 6.42 Å². The molecule has 0 bridgehead atoms. The molecule has 0 aliphatic heterocycles. The number of rotatable bonds is 8. The molecule has 0 fully saturated rings. The van der Waals surface area contributed by atoms with Crippen LogP contribution in [0.25, 0.3) is 0 Å². The van der Waals surface area contributed by atoms with Crippen LogP contribution in [0.4, 0.5) is 0 Å². The van der Waals surface area contributed by atoms with Crippen molar-refractivity contribution in [2.24, 2.45) is 0 Å². The van der Waals surface area contributed by atoms with E-state index in [2.05, 4.69) is 37.4 Å². The molecule has 0 heterocycles. The number of hydrogen-bond donors (Lipinski definition) is 1. The van der Waals surface area contributed by atoms with Crippen LogP contribution in [0.3, 0.4) is 0 Å². The van der Waals surface area contributed by atoms with Gasteiger partial charge in [0.1, 0.15) is 5.75 Å². The molecule has 0 amide bonds. The quantitative estimate of drug-likeness (QED) is 0.575. The zero-order valence-electron chi connectivity index (χ0n) is 11.6. The van der Waals surface area contributed by atoms with Crippen molar-refractivity contribution < 1.29 is 4.74 Å². The van der Waals surface area contributed by atoms with Crippen molar-refractivity contribution in [2.45, 2.75) is 32.6 Å². The van der Waals surface area contributed by atoms with E-state index < -0.39 is 0 Å². The fourth-order valence-corrected chi connectivity index (χ4v) is 2.00. The summed E-state index contributed by atoms with van der Waals surface area (Å²) in [5.74, 6) is 2.26. The van der Waals surface area contributed by atoms with Crippen molar-refractivity contribution in [1.29, 1.82) is 0 Å². The smallest absolute Gasteiger partial charge is 0.122 e. The molecule has 0 spiro atoms. The monoisotopic (exact) mass is 269 g/mol. The van der Waals surface area contributed by atoms with Crippen LogP contribution in [0.15, 0.2) is 18.2 Å². The highest BCUT2D eigenvalue weighted by atomic mass is 35.5. The predicted molar refractivity (Wildman–Crippen MR) is 79.0 cm³/mol. The van der Waals surface area contributed by atoms with E-state index in [1.165, 1.54) is 11.1 Å². The molecule has 1 aromatic carbocycles. The highest BCUT2D eigenvalue weighted by Crippen LogP contribution is 2.24. The minimum atomic E-state index is 0.537. The summed E-state index contributed by atoms with van der Waals surface area (Å²) in [5, 5.41) is 3.38. The second-order valence-corrected chi connectivity index (χ2v) is 5.15. The van der Waals surface area contributed by atoms with Gasteiger partial charge in [-0.2, -0.15) is 0 Å². The minimum Gasteiger partial charge on any atom is -0.496 e. The van der Waals surface area contributed by atoms with Crippen LogP contribution < -0.4 is 10.1 Å². The molecule has 1 N–H and O–H groups in total. The number of ether oxygens (including phenoxy) is 1. The summed E-state index contributed by atoms with van der Waals surface area (Å²) >= 11 is 5.63. The molecule has 0 saturated heterocycles. The van der Waals surface area contributed by atoms with E-state index in [9.17, 15) is 0 Å². The molecule has 2 nitrogen and oxygen atoms in total. The maximum Gasteiger partial charge on any atom is 0.122 e. The molecule has 0 radical (unpaired) electrons. The number of methoxy groups -OCH3 is 1. The van der Waals surface area contributed by atoms with Crippen molar-refractivity contribution in [2.75, 3.05) is 26.1 Å². The van der Waals surface area contributed by atoms with Crippen molar-refractivity contribution >= 4 is 11.6 Å². The van der Waals surface area contributed by atoms with Gasteiger partial charge in [0.15, 0.2) is 0 Å². The summed E-state index contributed by atoms with van der Waals surface area (Å²) in [6.07, 6.45) is 2.01. The molecule has 1 rings (SSSR count). The Morgan fingerprint density at radius 2 is 2.06 bits per heavy atom. The Kier molecular flexibility index (Phi) is 7.14. The highest BCUT2D eigenvalue weighted by molar-refractivity contribution is 6.17. The Balaban J connectivity index is 2.54. The molecule has 0 aliphatic rings. The average Bonchev–Trinajstić information content (AvgIpc) is 2.38. The van der Waals surface area contributed by atoms with Gasteiger partial charge in [-0.3, -0.25) is 0 Å². The SMILES string of the molecule is COc1cc(C(C)C)ccc1CCNCCCCl. The Hall–Kier alpha value is -0.730. The molecule has 102 valence electrons. The van der Waals surface area contributed by atoms with Crippen LogP contribution in [0, 0.1) is 0 Å². The summed E-state index contributed by atoms with van der Waals surface area (Å²) in [6, 6.07) is 6.53. The second-order valence-electron chi connectivity index (χ2n) is 4.77. The largest absolute Gasteiger partial charge is 0.496 e. The van der Waals surface area contributed by atoms with Gasteiger partial charge in [-0.1, -0.05) is 26.0 Å².